The van der Waals surface area contributed by atoms with E-state index in [0.29, 0.717) is 0 Å². The molecule has 0 saturated heterocycles. The van der Waals surface area contributed by atoms with Crippen LogP contribution in [-0.4, -0.2) is 6.54 Å². The van der Waals surface area contributed by atoms with Gasteiger partial charge >= 0.3 is 0 Å². The van der Waals surface area contributed by atoms with Crippen LogP contribution in [0.4, 0.5) is 0 Å². The van der Waals surface area contributed by atoms with Gasteiger partial charge in [-0.15, -0.1) is 0 Å². The maximum Gasteiger partial charge on any atom is 0.0739 e. The molecule has 0 bridgehead atoms. The average molecular weight is 519 g/mol. The van der Waals surface area contributed by atoms with Gasteiger partial charge in [0.2, 0.25) is 0 Å². The van der Waals surface area contributed by atoms with Crippen molar-refractivity contribution in [3.8, 4) is 0 Å². The third-order valence-corrected chi connectivity index (χ3v) is 7.10. The van der Waals surface area contributed by atoms with Crippen LogP contribution >= 0.6 is 0 Å². The summed E-state index contributed by atoms with van der Waals surface area (Å²) in [7, 11) is 0. The molecule has 0 saturated carbocycles. The standard InChI is InChI=1S/C30H63N.BrH/c1-2-3-4-5-6-7-8-9-10-11-12-13-14-15-16-17-18-19-20-21-22-23-24-25-26-27-28-29-30-31;/h2-31H2,1H3;1H. The van der Waals surface area contributed by atoms with E-state index in [2.05, 4.69) is 12.7 Å². The van der Waals surface area contributed by atoms with Crippen LogP contribution < -0.4 is 22.7 Å². The highest BCUT2D eigenvalue weighted by atomic mass is 79.9. The Labute approximate surface area is 215 Å². The Morgan fingerprint density at radius 3 is 0.594 bits per heavy atom. The molecule has 0 spiro atoms. The number of hydrogen-bond acceptors (Lipinski definition) is 0. The summed E-state index contributed by atoms with van der Waals surface area (Å²) in [5.74, 6) is 0. The van der Waals surface area contributed by atoms with Gasteiger partial charge in [-0.25, -0.2) is 0 Å². The molecule has 0 rings (SSSR count). The number of hydrogen-bond donors (Lipinski definition) is 1. The minimum absolute atomic E-state index is 0. The first-order valence-corrected chi connectivity index (χ1v) is 15.2. The van der Waals surface area contributed by atoms with Crippen LogP contribution in [0.5, 0.6) is 0 Å². The van der Waals surface area contributed by atoms with Crippen molar-refractivity contribution in [3.05, 3.63) is 0 Å². The predicted octanol–water partition coefficient (Wildman–Crippen LogP) is 7.18. The van der Waals surface area contributed by atoms with E-state index in [9.17, 15) is 0 Å². The van der Waals surface area contributed by atoms with Crippen LogP contribution in [0, 0.1) is 0 Å². The van der Waals surface area contributed by atoms with Crippen molar-refractivity contribution in [2.24, 2.45) is 0 Å². The first kappa shape index (κ1) is 34.6. The van der Waals surface area contributed by atoms with Crippen molar-refractivity contribution >= 4 is 0 Å². The monoisotopic (exact) mass is 517 g/mol. The summed E-state index contributed by atoms with van der Waals surface area (Å²) >= 11 is 0. The number of rotatable bonds is 28. The van der Waals surface area contributed by atoms with E-state index in [1.165, 1.54) is 180 Å². The first-order valence-electron chi connectivity index (χ1n) is 15.2. The van der Waals surface area contributed by atoms with E-state index in [0.717, 1.165) is 6.54 Å². The second-order valence-corrected chi connectivity index (χ2v) is 10.4. The zero-order valence-corrected chi connectivity index (χ0v) is 24.2. The fourth-order valence-electron chi connectivity index (χ4n) is 4.85. The zero-order valence-electron chi connectivity index (χ0n) is 22.6. The summed E-state index contributed by atoms with van der Waals surface area (Å²) in [6.07, 6.45) is 41.2. The summed E-state index contributed by atoms with van der Waals surface area (Å²) in [5, 5.41) is 0. The van der Waals surface area contributed by atoms with Gasteiger partial charge in [-0.2, -0.15) is 0 Å². The summed E-state index contributed by atoms with van der Waals surface area (Å²) in [4.78, 5) is 0. The highest BCUT2D eigenvalue weighted by molar-refractivity contribution is 4.52. The van der Waals surface area contributed by atoms with Crippen LogP contribution in [0.1, 0.15) is 187 Å². The van der Waals surface area contributed by atoms with Gasteiger partial charge in [0, 0.05) is 0 Å². The Bertz CT molecular complexity index is 267. The molecule has 0 aromatic carbocycles. The fraction of sp³-hybridized carbons (Fsp3) is 1.00. The molecule has 0 aliphatic carbocycles. The minimum atomic E-state index is 0. The summed E-state index contributed by atoms with van der Waals surface area (Å²) < 4.78 is 0. The van der Waals surface area contributed by atoms with Gasteiger partial charge < -0.3 is 22.7 Å². The molecule has 3 N–H and O–H groups in total. The molecule has 196 valence electrons. The highest BCUT2D eigenvalue weighted by Crippen LogP contribution is 2.16. The zero-order chi connectivity index (χ0) is 22.5. The number of quaternary nitrogens is 1. The Morgan fingerprint density at radius 1 is 0.281 bits per heavy atom. The molecule has 0 aromatic rings. The third kappa shape index (κ3) is 32.6. The smallest absolute Gasteiger partial charge is 0.0739 e. The maximum absolute atomic E-state index is 3.92. The van der Waals surface area contributed by atoms with E-state index in [-0.39, 0.29) is 17.0 Å². The fourth-order valence-corrected chi connectivity index (χ4v) is 4.85. The Kier molecular flexibility index (Phi) is 36.3. The second-order valence-electron chi connectivity index (χ2n) is 10.4. The summed E-state index contributed by atoms with van der Waals surface area (Å²) in [6.45, 7) is 3.43. The van der Waals surface area contributed by atoms with Crippen molar-refractivity contribution in [2.75, 3.05) is 6.54 Å². The second kappa shape index (κ2) is 33.6. The molecular formula is C30H64BrN. The largest absolute Gasteiger partial charge is 1.00 e. The molecule has 0 heterocycles. The predicted molar refractivity (Wildman–Crippen MR) is 143 cm³/mol. The third-order valence-electron chi connectivity index (χ3n) is 7.10. The quantitative estimate of drug-likeness (QED) is 0.106. The lowest BCUT2D eigenvalue weighted by Crippen LogP contribution is -3.00. The van der Waals surface area contributed by atoms with Crippen LogP contribution in [0.15, 0.2) is 0 Å². The van der Waals surface area contributed by atoms with Gasteiger partial charge in [0.15, 0.2) is 0 Å². The molecule has 0 unspecified atom stereocenters. The van der Waals surface area contributed by atoms with E-state index >= 15 is 0 Å². The molecule has 0 atom stereocenters. The molecule has 32 heavy (non-hydrogen) atoms. The lowest BCUT2D eigenvalue weighted by atomic mass is 10.0. The van der Waals surface area contributed by atoms with E-state index < -0.39 is 0 Å². The maximum atomic E-state index is 3.92. The van der Waals surface area contributed by atoms with Gasteiger partial charge in [-0.3, -0.25) is 0 Å². The van der Waals surface area contributed by atoms with E-state index in [1.54, 1.807) is 0 Å². The molecule has 0 amide bonds. The Balaban J connectivity index is 0. The van der Waals surface area contributed by atoms with Crippen molar-refractivity contribution in [3.63, 3.8) is 0 Å². The Hall–Kier alpha value is 0.440. The Morgan fingerprint density at radius 2 is 0.438 bits per heavy atom. The van der Waals surface area contributed by atoms with Crippen LogP contribution in [0.3, 0.4) is 0 Å². The molecule has 0 radical (unpaired) electrons. The number of halogens is 1. The van der Waals surface area contributed by atoms with Gasteiger partial charge in [0.1, 0.15) is 0 Å². The lowest BCUT2D eigenvalue weighted by molar-refractivity contribution is -0.368. The lowest BCUT2D eigenvalue weighted by Gasteiger charge is -2.04. The van der Waals surface area contributed by atoms with Crippen LogP contribution in [0.25, 0.3) is 0 Å². The van der Waals surface area contributed by atoms with Gasteiger partial charge in [-0.05, 0) is 12.8 Å². The van der Waals surface area contributed by atoms with Gasteiger partial charge in [-0.1, -0.05) is 174 Å². The minimum Gasteiger partial charge on any atom is -1.00 e. The van der Waals surface area contributed by atoms with Crippen molar-refractivity contribution in [1.82, 2.24) is 0 Å². The molecular weight excluding hydrogens is 454 g/mol. The van der Waals surface area contributed by atoms with E-state index in [4.69, 9.17) is 0 Å². The summed E-state index contributed by atoms with van der Waals surface area (Å²) in [5.41, 5.74) is 3.92. The SMILES string of the molecule is CCCCCCCCCCCCCCCCCCCCCCCCCCCCCC[NH3+].[Br-]. The average Bonchev–Trinajstić information content (AvgIpc) is 2.78. The molecule has 2 heteroatoms. The number of unbranched alkanes of at least 4 members (excludes halogenated alkanes) is 27. The van der Waals surface area contributed by atoms with E-state index in [1.807, 2.05) is 0 Å². The van der Waals surface area contributed by atoms with Gasteiger partial charge in [0.25, 0.3) is 0 Å². The molecule has 0 aliphatic rings. The van der Waals surface area contributed by atoms with Crippen molar-refractivity contribution in [2.45, 2.75) is 187 Å². The van der Waals surface area contributed by atoms with Crippen molar-refractivity contribution < 1.29 is 22.7 Å². The molecule has 0 aromatic heterocycles. The molecule has 0 fully saturated rings. The van der Waals surface area contributed by atoms with Crippen LogP contribution in [0.2, 0.25) is 0 Å². The summed E-state index contributed by atoms with van der Waals surface area (Å²) in [6, 6.07) is 0. The topological polar surface area (TPSA) is 27.6 Å². The highest BCUT2D eigenvalue weighted by Gasteiger charge is 1.96. The van der Waals surface area contributed by atoms with Crippen molar-refractivity contribution in [1.29, 1.82) is 0 Å². The molecule has 1 nitrogen and oxygen atoms in total. The molecule has 0 aliphatic heterocycles. The first-order chi connectivity index (χ1) is 15.4. The van der Waals surface area contributed by atoms with Gasteiger partial charge in [0.05, 0.1) is 6.54 Å². The van der Waals surface area contributed by atoms with Crippen LogP contribution in [-0.2, 0) is 0 Å². The normalized spacial score (nSPS) is 11.1.